The molecule has 3 aromatic rings. The number of hydrogen-bond donors (Lipinski definition) is 0. The number of aryl methyl sites for hydroxylation is 2. The standard InChI is InChI=1S/C34H41FN2O2/c1-5-38-33-17-16-30(25(4)36-33)31-9-6-8-29-24(3)23(2)10-15-32(29)34(31)26-11-13-27(14-12-26)39-28-18-21-37(22-28)20-7-19-35/h10-17,28H,5-9,18-22H2,1-4H3/t28-/m0/s1. The van der Waals surface area contributed by atoms with Crippen LogP contribution in [-0.2, 0) is 6.42 Å². The van der Waals surface area contributed by atoms with Gasteiger partial charge in [0.2, 0.25) is 5.88 Å². The van der Waals surface area contributed by atoms with E-state index in [2.05, 4.69) is 68.1 Å². The number of likely N-dealkylation sites (tertiary alicyclic amines) is 1. The summed E-state index contributed by atoms with van der Waals surface area (Å²) in [5.41, 5.74) is 11.6. The summed E-state index contributed by atoms with van der Waals surface area (Å²) in [5.74, 6) is 1.57. The van der Waals surface area contributed by atoms with E-state index < -0.39 is 0 Å². The minimum Gasteiger partial charge on any atom is -0.489 e. The maximum atomic E-state index is 12.6. The van der Waals surface area contributed by atoms with Gasteiger partial charge in [0.05, 0.1) is 13.3 Å². The molecule has 0 amide bonds. The van der Waals surface area contributed by atoms with Gasteiger partial charge in [-0.15, -0.1) is 0 Å². The van der Waals surface area contributed by atoms with Gasteiger partial charge in [0.25, 0.3) is 0 Å². The van der Waals surface area contributed by atoms with Gasteiger partial charge < -0.3 is 9.47 Å². The predicted molar refractivity (Wildman–Crippen MR) is 157 cm³/mol. The lowest BCUT2D eigenvalue weighted by Crippen LogP contribution is -2.26. The highest BCUT2D eigenvalue weighted by Gasteiger charge is 2.25. The molecular formula is C34H41FN2O2. The minimum atomic E-state index is -0.254. The lowest BCUT2D eigenvalue weighted by atomic mass is 9.85. The summed E-state index contributed by atoms with van der Waals surface area (Å²) < 4.78 is 24.6. The van der Waals surface area contributed by atoms with Gasteiger partial charge in [-0.2, -0.15) is 0 Å². The van der Waals surface area contributed by atoms with E-state index in [9.17, 15) is 4.39 Å². The predicted octanol–water partition coefficient (Wildman–Crippen LogP) is 7.51. The number of fused-ring (bicyclic) bond motifs is 1. The zero-order valence-electron chi connectivity index (χ0n) is 23.9. The molecule has 0 radical (unpaired) electrons. The number of nitrogens with zero attached hydrogens (tertiary/aromatic N) is 2. The second-order valence-corrected chi connectivity index (χ2v) is 10.9. The van der Waals surface area contributed by atoms with Crippen LogP contribution in [0.25, 0.3) is 11.1 Å². The van der Waals surface area contributed by atoms with Crippen LogP contribution in [0.5, 0.6) is 11.6 Å². The Morgan fingerprint density at radius 2 is 1.77 bits per heavy atom. The Bertz CT molecular complexity index is 1330. The summed E-state index contributed by atoms with van der Waals surface area (Å²) in [6.45, 7) is 11.5. The molecule has 0 N–H and O–H groups in total. The van der Waals surface area contributed by atoms with Crippen molar-refractivity contribution in [3.05, 3.63) is 87.6 Å². The van der Waals surface area contributed by atoms with Gasteiger partial charge in [0.15, 0.2) is 0 Å². The number of benzene rings is 2. The van der Waals surface area contributed by atoms with Crippen molar-refractivity contribution >= 4 is 11.1 Å². The number of aromatic nitrogens is 1. The number of halogens is 1. The molecule has 1 atom stereocenters. The average molecular weight is 529 g/mol. The third kappa shape index (κ3) is 6.04. The molecule has 1 saturated heterocycles. The van der Waals surface area contributed by atoms with E-state index in [1.165, 1.54) is 44.5 Å². The summed E-state index contributed by atoms with van der Waals surface area (Å²) in [7, 11) is 0. The maximum absolute atomic E-state index is 12.6. The fraction of sp³-hybridized carbons (Fsp3) is 0.441. The van der Waals surface area contributed by atoms with Gasteiger partial charge in [-0.3, -0.25) is 9.29 Å². The minimum absolute atomic E-state index is 0.159. The van der Waals surface area contributed by atoms with Crippen LogP contribution in [0.15, 0.2) is 48.5 Å². The highest BCUT2D eigenvalue weighted by Crippen LogP contribution is 2.42. The fourth-order valence-corrected chi connectivity index (χ4v) is 6.12. The van der Waals surface area contributed by atoms with Gasteiger partial charge in [-0.05, 0) is 123 Å². The summed E-state index contributed by atoms with van der Waals surface area (Å²) in [4.78, 5) is 7.08. The van der Waals surface area contributed by atoms with E-state index >= 15 is 0 Å². The van der Waals surface area contributed by atoms with Gasteiger partial charge in [0, 0.05) is 31.4 Å². The third-order valence-electron chi connectivity index (χ3n) is 8.25. The van der Waals surface area contributed by atoms with Crippen LogP contribution < -0.4 is 9.47 Å². The quantitative estimate of drug-likeness (QED) is 0.288. The van der Waals surface area contributed by atoms with Crippen molar-refractivity contribution in [1.82, 2.24) is 9.88 Å². The Kier molecular flexibility index (Phi) is 8.66. The summed E-state index contributed by atoms with van der Waals surface area (Å²) in [5, 5.41) is 0. The monoisotopic (exact) mass is 528 g/mol. The highest BCUT2D eigenvalue weighted by molar-refractivity contribution is 6.00. The van der Waals surface area contributed by atoms with Crippen molar-refractivity contribution in [3.8, 4) is 11.6 Å². The first kappa shape index (κ1) is 27.4. The van der Waals surface area contributed by atoms with Crippen LogP contribution in [-0.4, -0.2) is 48.9 Å². The Balaban J connectivity index is 1.51. The molecule has 1 aliphatic carbocycles. The first-order valence-electron chi connectivity index (χ1n) is 14.5. The number of alkyl halides is 1. The van der Waals surface area contributed by atoms with E-state index in [-0.39, 0.29) is 12.8 Å². The average Bonchev–Trinajstić information content (AvgIpc) is 3.29. The zero-order chi connectivity index (χ0) is 27.4. The first-order valence-corrected chi connectivity index (χ1v) is 14.5. The molecule has 5 heteroatoms. The molecule has 0 unspecified atom stereocenters. The van der Waals surface area contributed by atoms with Gasteiger partial charge in [-0.25, -0.2) is 4.98 Å². The largest absolute Gasteiger partial charge is 0.489 e. The summed E-state index contributed by atoms with van der Waals surface area (Å²) >= 11 is 0. The van der Waals surface area contributed by atoms with Gasteiger partial charge >= 0.3 is 0 Å². The molecule has 0 saturated carbocycles. The number of pyridine rings is 1. The van der Waals surface area contributed by atoms with Gasteiger partial charge in [-0.1, -0.05) is 24.3 Å². The molecule has 0 spiro atoms. The SMILES string of the molecule is CCOc1ccc(C2=C(c3ccc(O[C@H]4CCN(CCCF)C4)cc3)c3ccc(C)c(C)c3CCC2)c(C)n1. The van der Waals surface area contributed by atoms with Crippen molar-refractivity contribution in [3.63, 3.8) is 0 Å². The van der Waals surface area contributed by atoms with Crippen molar-refractivity contribution < 1.29 is 13.9 Å². The first-order chi connectivity index (χ1) is 19.0. The summed E-state index contributed by atoms with van der Waals surface area (Å²) in [6.07, 6.45) is 4.91. The smallest absolute Gasteiger partial charge is 0.213 e. The Morgan fingerprint density at radius 3 is 2.51 bits per heavy atom. The molecule has 4 nitrogen and oxygen atoms in total. The number of rotatable bonds is 9. The van der Waals surface area contributed by atoms with Gasteiger partial charge in [0.1, 0.15) is 11.9 Å². The number of hydrogen-bond acceptors (Lipinski definition) is 4. The Morgan fingerprint density at radius 1 is 0.974 bits per heavy atom. The van der Waals surface area contributed by atoms with Crippen molar-refractivity contribution in [2.75, 3.05) is 32.9 Å². The normalized spacial score (nSPS) is 17.7. The molecule has 206 valence electrons. The van der Waals surface area contributed by atoms with E-state index in [0.717, 1.165) is 56.8 Å². The molecule has 1 aliphatic heterocycles. The molecule has 2 aromatic carbocycles. The van der Waals surface area contributed by atoms with Crippen LogP contribution >= 0.6 is 0 Å². The fourth-order valence-electron chi connectivity index (χ4n) is 6.12. The molecule has 2 heterocycles. The topological polar surface area (TPSA) is 34.6 Å². The molecule has 1 aromatic heterocycles. The Labute approximate surface area is 232 Å². The van der Waals surface area contributed by atoms with E-state index in [1.807, 2.05) is 13.0 Å². The van der Waals surface area contributed by atoms with Crippen molar-refractivity contribution in [2.24, 2.45) is 0 Å². The van der Waals surface area contributed by atoms with Crippen LogP contribution in [0.4, 0.5) is 4.39 Å². The second-order valence-electron chi connectivity index (χ2n) is 10.9. The van der Waals surface area contributed by atoms with E-state index in [1.54, 1.807) is 0 Å². The van der Waals surface area contributed by atoms with Crippen molar-refractivity contribution in [2.45, 2.75) is 65.9 Å². The molecule has 2 aliphatic rings. The highest BCUT2D eigenvalue weighted by atomic mass is 19.1. The van der Waals surface area contributed by atoms with Crippen LogP contribution in [0, 0.1) is 20.8 Å². The maximum Gasteiger partial charge on any atom is 0.213 e. The lowest BCUT2D eigenvalue weighted by molar-refractivity contribution is 0.198. The van der Waals surface area contributed by atoms with Crippen LogP contribution in [0.1, 0.15) is 71.7 Å². The molecular weight excluding hydrogens is 487 g/mol. The second kappa shape index (κ2) is 12.3. The molecule has 0 bridgehead atoms. The van der Waals surface area contributed by atoms with E-state index in [0.29, 0.717) is 18.9 Å². The number of ether oxygens (including phenoxy) is 2. The van der Waals surface area contributed by atoms with Crippen molar-refractivity contribution in [1.29, 1.82) is 0 Å². The van der Waals surface area contributed by atoms with Crippen LogP contribution in [0.3, 0.4) is 0 Å². The third-order valence-corrected chi connectivity index (χ3v) is 8.25. The molecule has 5 rings (SSSR count). The van der Waals surface area contributed by atoms with Crippen LogP contribution in [0.2, 0.25) is 0 Å². The lowest BCUT2D eigenvalue weighted by Gasteiger charge is -2.20. The number of allylic oxidation sites excluding steroid dienone is 1. The Hall–Kier alpha value is -3.18. The summed E-state index contributed by atoms with van der Waals surface area (Å²) in [6, 6.07) is 17.4. The molecule has 39 heavy (non-hydrogen) atoms. The zero-order valence-corrected chi connectivity index (χ0v) is 23.9. The van der Waals surface area contributed by atoms with E-state index in [4.69, 9.17) is 14.5 Å². The molecule has 1 fully saturated rings.